The second kappa shape index (κ2) is 5.90. The van der Waals surface area contributed by atoms with E-state index >= 15 is 0 Å². The van der Waals surface area contributed by atoms with E-state index in [0.717, 1.165) is 5.52 Å². The molecule has 2 rings (SSSR count). The molecular formula is C13H17N2Rb. The first-order valence-corrected chi connectivity index (χ1v) is 5.48. The molecule has 0 bridgehead atoms. The van der Waals surface area contributed by atoms with E-state index in [1.165, 1.54) is 11.3 Å². The molecule has 0 saturated heterocycles. The molecule has 2 heterocycles. The maximum absolute atomic E-state index is 4.08. The minimum absolute atomic E-state index is 0. The first-order valence-electron chi connectivity index (χ1n) is 5.48. The summed E-state index contributed by atoms with van der Waals surface area (Å²) in [7, 11) is 0. The third-order valence-corrected chi connectivity index (χ3v) is 2.76. The van der Waals surface area contributed by atoms with Crippen molar-refractivity contribution in [2.75, 3.05) is 0 Å². The molecule has 0 radical (unpaired) electrons. The Morgan fingerprint density at radius 2 is 1.81 bits per heavy atom. The smallest absolute Gasteiger partial charge is 0.430 e. The number of aromatic nitrogens is 2. The molecule has 16 heavy (non-hydrogen) atoms. The molecule has 0 unspecified atom stereocenters. The summed E-state index contributed by atoms with van der Waals surface area (Å²) < 4.78 is 2.05. The van der Waals surface area contributed by atoms with Crippen LogP contribution in [0.3, 0.4) is 0 Å². The van der Waals surface area contributed by atoms with Crippen molar-refractivity contribution in [1.82, 2.24) is 9.38 Å². The van der Waals surface area contributed by atoms with Gasteiger partial charge in [-0.2, -0.15) is 0 Å². The Balaban J connectivity index is 0.00000128. The summed E-state index contributed by atoms with van der Waals surface area (Å²) in [5, 5.41) is 0. The maximum Gasteiger partial charge on any atom is 1.00 e. The van der Waals surface area contributed by atoms with Crippen LogP contribution < -0.4 is 58.2 Å². The second-order valence-electron chi connectivity index (χ2n) is 4.64. The standard InChI is InChI=1S/C13H17N2.Rb/c1-9(2)11-5-12-7-14-8-15(12)13(6-11)10(3)4;/h5-7,9-10H,1-4H3;/q-1;+1. The van der Waals surface area contributed by atoms with E-state index in [0.29, 0.717) is 11.8 Å². The third-order valence-electron chi connectivity index (χ3n) is 2.76. The van der Waals surface area contributed by atoms with Gasteiger partial charge in [0.25, 0.3) is 0 Å². The van der Waals surface area contributed by atoms with Crippen LogP contribution >= 0.6 is 0 Å². The van der Waals surface area contributed by atoms with Crippen molar-refractivity contribution in [1.29, 1.82) is 0 Å². The molecule has 0 N–H and O–H groups in total. The number of nitrogens with zero attached hydrogens (tertiary/aromatic N) is 2. The molecule has 0 amide bonds. The predicted octanol–water partition coefficient (Wildman–Crippen LogP) is 0.385. The number of hydrogen-bond acceptors (Lipinski definition) is 1. The molecule has 2 aromatic rings. The van der Waals surface area contributed by atoms with Gasteiger partial charge in [-0.3, -0.25) is 0 Å². The third kappa shape index (κ3) is 2.84. The van der Waals surface area contributed by atoms with E-state index in [-0.39, 0.29) is 58.2 Å². The largest absolute Gasteiger partial charge is 1.00 e. The average Bonchev–Trinajstić information content (AvgIpc) is 2.62. The van der Waals surface area contributed by atoms with E-state index in [1.54, 1.807) is 0 Å². The van der Waals surface area contributed by atoms with Gasteiger partial charge in [0.2, 0.25) is 0 Å². The Morgan fingerprint density at radius 1 is 1.12 bits per heavy atom. The van der Waals surface area contributed by atoms with Crippen molar-refractivity contribution < 1.29 is 58.2 Å². The zero-order chi connectivity index (χ0) is 11.0. The van der Waals surface area contributed by atoms with Crippen molar-refractivity contribution >= 4 is 5.52 Å². The monoisotopic (exact) mass is 286 g/mol. The number of rotatable bonds is 2. The molecule has 0 atom stereocenters. The summed E-state index contributed by atoms with van der Waals surface area (Å²) in [5.74, 6) is 1.05. The SMILES string of the molecule is CC(C)c1cc(C(C)C)n2[c-]ncc2c1.[Rb+]. The van der Waals surface area contributed by atoms with Gasteiger partial charge in [0, 0.05) is 6.33 Å². The Kier molecular flexibility index (Phi) is 5.37. The topological polar surface area (TPSA) is 17.3 Å². The van der Waals surface area contributed by atoms with Gasteiger partial charge >= 0.3 is 58.2 Å². The number of hydrogen-bond donors (Lipinski definition) is 0. The van der Waals surface area contributed by atoms with Crippen LogP contribution in [0.25, 0.3) is 5.52 Å². The van der Waals surface area contributed by atoms with Crippen LogP contribution in [0.1, 0.15) is 50.8 Å². The maximum atomic E-state index is 4.08. The molecule has 2 nitrogen and oxygen atoms in total. The van der Waals surface area contributed by atoms with Crippen LogP contribution in [-0.4, -0.2) is 9.38 Å². The number of fused-ring (bicyclic) bond motifs is 1. The molecule has 0 aliphatic heterocycles. The Morgan fingerprint density at radius 3 is 2.38 bits per heavy atom. The van der Waals surface area contributed by atoms with Crippen LogP contribution in [0.15, 0.2) is 18.3 Å². The summed E-state index contributed by atoms with van der Waals surface area (Å²) in [6.07, 6.45) is 4.88. The molecule has 0 aliphatic rings. The van der Waals surface area contributed by atoms with E-state index in [1.807, 2.05) is 6.20 Å². The summed E-state index contributed by atoms with van der Waals surface area (Å²) in [6, 6.07) is 4.46. The summed E-state index contributed by atoms with van der Waals surface area (Å²) in [6.45, 7) is 8.84. The van der Waals surface area contributed by atoms with Gasteiger partial charge in [-0.15, -0.1) is 0 Å². The summed E-state index contributed by atoms with van der Waals surface area (Å²) in [4.78, 5) is 4.08. The van der Waals surface area contributed by atoms with Crippen molar-refractivity contribution in [3.63, 3.8) is 0 Å². The minimum atomic E-state index is 0. The van der Waals surface area contributed by atoms with Gasteiger partial charge in [-0.25, -0.2) is 0 Å². The second-order valence-corrected chi connectivity index (χ2v) is 4.64. The number of imidazole rings is 1. The Hall–Kier alpha value is 0.495. The fraction of sp³-hybridized carbons (Fsp3) is 0.462. The quantitative estimate of drug-likeness (QED) is 0.730. The molecule has 0 saturated carbocycles. The van der Waals surface area contributed by atoms with E-state index in [2.05, 4.69) is 55.5 Å². The summed E-state index contributed by atoms with van der Waals surface area (Å²) >= 11 is 0. The molecule has 0 aliphatic carbocycles. The molecule has 0 aromatic carbocycles. The molecular weight excluding hydrogens is 270 g/mol. The van der Waals surface area contributed by atoms with Crippen molar-refractivity contribution in [3.8, 4) is 0 Å². The molecule has 2 aromatic heterocycles. The normalized spacial score (nSPS) is 11.1. The van der Waals surface area contributed by atoms with Crippen LogP contribution in [0.4, 0.5) is 0 Å². The van der Waals surface area contributed by atoms with E-state index in [9.17, 15) is 0 Å². The van der Waals surface area contributed by atoms with Gasteiger partial charge < -0.3 is 9.38 Å². The van der Waals surface area contributed by atoms with Gasteiger partial charge in [0.05, 0.1) is 0 Å². The average molecular weight is 287 g/mol. The molecule has 3 heteroatoms. The van der Waals surface area contributed by atoms with E-state index in [4.69, 9.17) is 0 Å². The fourth-order valence-corrected chi connectivity index (χ4v) is 1.78. The van der Waals surface area contributed by atoms with E-state index < -0.39 is 0 Å². The van der Waals surface area contributed by atoms with Crippen LogP contribution in [0, 0.1) is 6.33 Å². The van der Waals surface area contributed by atoms with Crippen molar-refractivity contribution in [2.24, 2.45) is 0 Å². The van der Waals surface area contributed by atoms with Crippen LogP contribution in [0.2, 0.25) is 0 Å². The van der Waals surface area contributed by atoms with Gasteiger partial charge in [-0.05, 0) is 11.8 Å². The van der Waals surface area contributed by atoms with Crippen LogP contribution in [0.5, 0.6) is 0 Å². The van der Waals surface area contributed by atoms with Crippen molar-refractivity contribution in [3.05, 3.63) is 35.9 Å². The predicted molar refractivity (Wildman–Crippen MR) is 62.2 cm³/mol. The first-order chi connectivity index (χ1) is 7.09. The molecule has 0 spiro atoms. The van der Waals surface area contributed by atoms with Crippen molar-refractivity contribution in [2.45, 2.75) is 39.5 Å². The zero-order valence-corrected chi connectivity index (χ0v) is 15.7. The fourth-order valence-electron chi connectivity index (χ4n) is 1.78. The summed E-state index contributed by atoms with van der Waals surface area (Å²) in [5.41, 5.74) is 3.80. The Bertz CT molecular complexity index is 472. The van der Waals surface area contributed by atoms with Gasteiger partial charge in [0.1, 0.15) is 0 Å². The zero-order valence-electron chi connectivity index (χ0n) is 10.8. The van der Waals surface area contributed by atoms with Crippen LogP contribution in [-0.2, 0) is 0 Å². The number of pyridine rings is 1. The minimum Gasteiger partial charge on any atom is -0.430 e. The molecule has 0 fully saturated rings. The van der Waals surface area contributed by atoms with Gasteiger partial charge in [-0.1, -0.05) is 62.8 Å². The van der Waals surface area contributed by atoms with Gasteiger partial charge in [0.15, 0.2) is 0 Å². The first kappa shape index (κ1) is 14.6. The Labute approximate surface area is 146 Å². The molecule has 80 valence electrons.